The van der Waals surface area contributed by atoms with E-state index >= 15 is 0 Å². The first-order valence-electron chi connectivity index (χ1n) is 9.04. The number of hydrogen-bond acceptors (Lipinski definition) is 3. The van der Waals surface area contributed by atoms with Gasteiger partial charge in [-0.3, -0.25) is 10.1 Å². The Labute approximate surface area is 161 Å². The van der Waals surface area contributed by atoms with Gasteiger partial charge in [-0.15, -0.1) is 0 Å². The summed E-state index contributed by atoms with van der Waals surface area (Å²) < 4.78 is 29.1. The molecule has 0 spiro atoms. The molecule has 0 heterocycles. The maximum atomic E-state index is 12.3. The Bertz CT molecular complexity index is 796. The van der Waals surface area contributed by atoms with Crippen molar-refractivity contribution in [1.29, 1.82) is 0 Å². The van der Waals surface area contributed by atoms with Crippen LogP contribution in [0.1, 0.15) is 30.0 Å². The molecule has 0 bridgehead atoms. The Hall–Kier alpha value is -3.00. The number of carbonyl (C=O) groups is 2. The predicted molar refractivity (Wildman–Crippen MR) is 97.8 cm³/mol. The molecule has 1 aliphatic carbocycles. The molecule has 0 radical (unpaired) electrons. The molecule has 28 heavy (non-hydrogen) atoms. The fourth-order valence-electron chi connectivity index (χ4n) is 2.83. The van der Waals surface area contributed by atoms with E-state index < -0.39 is 18.5 Å². The summed E-state index contributed by atoms with van der Waals surface area (Å²) in [6, 6.07) is 15.2. The van der Waals surface area contributed by atoms with E-state index in [0.29, 0.717) is 0 Å². The Morgan fingerprint density at radius 3 is 2.29 bits per heavy atom. The third-order valence-corrected chi connectivity index (χ3v) is 4.33. The number of carbonyl (C=O) groups excluding carboxylic acids is 2. The molecule has 3 amide bonds. The van der Waals surface area contributed by atoms with Gasteiger partial charge in [0.25, 0.3) is 5.91 Å². The second kappa shape index (κ2) is 9.27. The van der Waals surface area contributed by atoms with E-state index in [1.54, 1.807) is 17.4 Å². The number of quaternary nitrogens is 1. The Morgan fingerprint density at radius 1 is 1.04 bits per heavy atom. The van der Waals surface area contributed by atoms with Crippen molar-refractivity contribution >= 4 is 11.9 Å². The Balaban J connectivity index is 1.65. The normalized spacial score (nSPS) is 14.4. The first-order chi connectivity index (χ1) is 13.5. The number of imide groups is 1. The highest BCUT2D eigenvalue weighted by Gasteiger charge is 2.25. The second-order valence-corrected chi connectivity index (χ2v) is 6.57. The summed E-state index contributed by atoms with van der Waals surface area (Å²) in [5.41, 5.74) is 1.77. The van der Waals surface area contributed by atoms with Crippen molar-refractivity contribution in [1.82, 2.24) is 10.6 Å². The molecule has 6 nitrogen and oxygen atoms in total. The van der Waals surface area contributed by atoms with Crippen molar-refractivity contribution in [3.05, 3.63) is 65.7 Å². The average Bonchev–Trinajstić information content (AvgIpc) is 3.47. The summed E-state index contributed by atoms with van der Waals surface area (Å²) in [5.74, 6) is -0.336. The molecule has 2 aromatic rings. The number of urea groups is 1. The summed E-state index contributed by atoms with van der Waals surface area (Å²) in [5, 5.41) is 6.80. The lowest BCUT2D eigenvalue weighted by atomic mass is 9.98. The fourth-order valence-corrected chi connectivity index (χ4v) is 2.83. The van der Waals surface area contributed by atoms with E-state index in [4.69, 9.17) is 0 Å². The van der Waals surface area contributed by atoms with Gasteiger partial charge >= 0.3 is 12.6 Å². The highest BCUT2D eigenvalue weighted by Crippen LogP contribution is 2.22. The lowest BCUT2D eigenvalue weighted by Crippen LogP contribution is -2.88. The van der Waals surface area contributed by atoms with Crippen molar-refractivity contribution < 1.29 is 28.4 Å². The van der Waals surface area contributed by atoms with Gasteiger partial charge in [-0.2, -0.15) is 8.78 Å². The zero-order valence-electron chi connectivity index (χ0n) is 15.1. The van der Waals surface area contributed by atoms with Crippen LogP contribution in [0.2, 0.25) is 0 Å². The summed E-state index contributed by atoms with van der Waals surface area (Å²) >= 11 is 0. The number of nitrogens with two attached hydrogens (primary N) is 1. The second-order valence-electron chi connectivity index (χ2n) is 6.57. The topological polar surface area (TPSA) is 84.0 Å². The average molecular weight is 390 g/mol. The standard InChI is InChI=1S/C20H21F2N3O3/c21-19(22)28-16-10-6-14(7-11-16)18(13-4-2-1-3-5-13)23-12-17(26)25-20(27)24-15-8-9-15/h1-7,10-11,15,18-19,23H,8-9,12H2,(H2,24,25,26,27)/p+1/t18-/m0/s1. The van der Waals surface area contributed by atoms with Gasteiger partial charge in [-0.1, -0.05) is 30.3 Å². The molecule has 1 fully saturated rings. The molecule has 2 aromatic carbocycles. The van der Waals surface area contributed by atoms with Crippen LogP contribution in [0.25, 0.3) is 0 Å². The molecular formula is C20H22F2N3O3+. The quantitative estimate of drug-likeness (QED) is 0.644. The Kier molecular flexibility index (Phi) is 6.54. The van der Waals surface area contributed by atoms with E-state index in [0.717, 1.165) is 24.0 Å². The Morgan fingerprint density at radius 2 is 1.68 bits per heavy atom. The van der Waals surface area contributed by atoms with Crippen LogP contribution in [-0.4, -0.2) is 31.1 Å². The van der Waals surface area contributed by atoms with Crippen LogP contribution >= 0.6 is 0 Å². The molecular weight excluding hydrogens is 368 g/mol. The van der Waals surface area contributed by atoms with Gasteiger partial charge in [0.2, 0.25) is 0 Å². The molecule has 3 rings (SSSR count). The SMILES string of the molecule is O=C(C[NH2+][C@@H](c1ccccc1)c1ccc(OC(F)F)cc1)NC(=O)NC1CC1. The van der Waals surface area contributed by atoms with Crippen molar-refractivity contribution in [3.63, 3.8) is 0 Å². The molecule has 0 aromatic heterocycles. The molecule has 0 aliphatic heterocycles. The third kappa shape index (κ3) is 6.02. The zero-order chi connectivity index (χ0) is 19.9. The smallest absolute Gasteiger partial charge is 0.387 e. The molecule has 1 atom stereocenters. The van der Waals surface area contributed by atoms with Crippen LogP contribution in [0, 0.1) is 0 Å². The number of rotatable bonds is 8. The predicted octanol–water partition coefficient (Wildman–Crippen LogP) is 1.93. The maximum absolute atomic E-state index is 12.3. The molecule has 1 aliphatic rings. The van der Waals surface area contributed by atoms with Crippen LogP contribution in [-0.2, 0) is 4.79 Å². The highest BCUT2D eigenvalue weighted by atomic mass is 19.3. The van der Waals surface area contributed by atoms with E-state index in [9.17, 15) is 18.4 Å². The van der Waals surface area contributed by atoms with Crippen LogP contribution in [0.3, 0.4) is 0 Å². The molecule has 148 valence electrons. The first kappa shape index (κ1) is 19.8. The van der Waals surface area contributed by atoms with Crippen molar-refractivity contribution in [2.75, 3.05) is 6.54 Å². The minimum absolute atomic E-state index is 0.0347. The van der Waals surface area contributed by atoms with Gasteiger partial charge in [-0.05, 0) is 37.1 Å². The monoisotopic (exact) mass is 390 g/mol. The number of nitrogens with one attached hydrogen (secondary N) is 2. The molecule has 4 N–H and O–H groups in total. The van der Waals surface area contributed by atoms with Crippen molar-refractivity contribution in [2.45, 2.75) is 31.5 Å². The van der Waals surface area contributed by atoms with E-state index in [1.165, 1.54) is 12.1 Å². The number of halogens is 2. The fraction of sp³-hybridized carbons (Fsp3) is 0.300. The summed E-state index contributed by atoms with van der Waals surface area (Å²) in [6.07, 6.45) is 1.88. The van der Waals surface area contributed by atoms with Gasteiger partial charge in [0.05, 0.1) is 0 Å². The van der Waals surface area contributed by atoms with Crippen LogP contribution in [0.4, 0.5) is 13.6 Å². The van der Waals surface area contributed by atoms with Crippen LogP contribution in [0.5, 0.6) is 5.75 Å². The van der Waals surface area contributed by atoms with Crippen LogP contribution < -0.4 is 20.7 Å². The van der Waals surface area contributed by atoms with Gasteiger partial charge in [0, 0.05) is 17.2 Å². The minimum Gasteiger partial charge on any atom is -0.435 e. The lowest BCUT2D eigenvalue weighted by molar-refractivity contribution is -0.676. The van der Waals surface area contributed by atoms with Crippen LogP contribution in [0.15, 0.2) is 54.6 Å². The first-order valence-corrected chi connectivity index (χ1v) is 9.04. The zero-order valence-corrected chi connectivity index (χ0v) is 15.1. The molecule has 1 saturated carbocycles. The number of hydrogen-bond donors (Lipinski definition) is 3. The van der Waals surface area contributed by atoms with E-state index in [-0.39, 0.29) is 24.4 Å². The molecule has 0 saturated heterocycles. The number of alkyl halides is 2. The maximum Gasteiger partial charge on any atom is 0.387 e. The summed E-state index contributed by atoms with van der Waals surface area (Å²) in [7, 11) is 0. The van der Waals surface area contributed by atoms with Crippen molar-refractivity contribution in [3.8, 4) is 5.75 Å². The molecule has 0 unspecified atom stereocenters. The number of benzene rings is 2. The lowest BCUT2D eigenvalue weighted by Gasteiger charge is -2.17. The van der Waals surface area contributed by atoms with Crippen molar-refractivity contribution in [2.24, 2.45) is 0 Å². The number of ether oxygens (including phenoxy) is 1. The van der Waals surface area contributed by atoms with Gasteiger partial charge < -0.3 is 15.4 Å². The minimum atomic E-state index is -2.88. The van der Waals surface area contributed by atoms with E-state index in [1.807, 2.05) is 30.3 Å². The number of amides is 3. The molecule has 8 heteroatoms. The van der Waals surface area contributed by atoms with Gasteiger partial charge in [0.1, 0.15) is 11.8 Å². The van der Waals surface area contributed by atoms with Gasteiger partial charge in [0.15, 0.2) is 6.54 Å². The van der Waals surface area contributed by atoms with E-state index in [2.05, 4.69) is 15.4 Å². The highest BCUT2D eigenvalue weighted by molar-refractivity contribution is 5.94. The third-order valence-electron chi connectivity index (χ3n) is 4.33. The summed E-state index contributed by atoms with van der Waals surface area (Å²) in [4.78, 5) is 23.8. The largest absolute Gasteiger partial charge is 0.435 e. The summed E-state index contributed by atoms with van der Waals surface area (Å²) in [6.45, 7) is -2.85. The van der Waals surface area contributed by atoms with Gasteiger partial charge in [-0.25, -0.2) is 4.79 Å².